The number of nitrogens with two attached hydrogens (primary N) is 4. The second kappa shape index (κ2) is 8.17. The molecule has 0 aliphatic rings. The van der Waals surface area contributed by atoms with E-state index in [9.17, 15) is 0 Å². The van der Waals surface area contributed by atoms with E-state index in [0.29, 0.717) is 19.6 Å². The molecule has 0 rings (SSSR count). The van der Waals surface area contributed by atoms with Crippen LogP contribution in [0.4, 0.5) is 0 Å². The molecule has 14 heavy (non-hydrogen) atoms. The fourth-order valence-electron chi connectivity index (χ4n) is 1.74. The van der Waals surface area contributed by atoms with Crippen LogP contribution in [0, 0.1) is 0 Å². The summed E-state index contributed by atoms with van der Waals surface area (Å²) in [6.45, 7) is 2.14. The minimum absolute atomic E-state index is 0.0852. The zero-order valence-corrected chi connectivity index (χ0v) is 9.17. The average Bonchev–Trinajstić information content (AvgIpc) is 2.21. The van der Waals surface area contributed by atoms with Crippen LogP contribution in [-0.4, -0.2) is 25.2 Å². The third-order valence-corrected chi connectivity index (χ3v) is 2.64. The highest BCUT2D eigenvalue weighted by Crippen LogP contribution is 2.21. The van der Waals surface area contributed by atoms with E-state index in [4.69, 9.17) is 22.9 Å². The summed E-state index contributed by atoms with van der Waals surface area (Å²) in [6.07, 6.45) is 5.94. The molecule has 0 aromatic rings. The Balaban J connectivity index is 3.89. The molecule has 86 valence electrons. The molecule has 0 heterocycles. The van der Waals surface area contributed by atoms with Crippen molar-refractivity contribution in [3.05, 3.63) is 0 Å². The molecule has 0 bridgehead atoms. The largest absolute Gasteiger partial charge is 0.330 e. The van der Waals surface area contributed by atoms with E-state index in [1.54, 1.807) is 0 Å². The second-order valence-corrected chi connectivity index (χ2v) is 4.04. The first-order valence-corrected chi connectivity index (χ1v) is 5.57. The Morgan fingerprint density at radius 2 is 0.929 bits per heavy atom. The molecule has 0 aliphatic carbocycles. The van der Waals surface area contributed by atoms with E-state index in [-0.39, 0.29) is 5.54 Å². The standard InChI is InChI=1S/C10H26N4/c11-7-1-4-10(14,5-2-8-12)6-3-9-13/h1-9,11-14H2. The molecular weight excluding hydrogens is 176 g/mol. The van der Waals surface area contributed by atoms with Gasteiger partial charge in [0.05, 0.1) is 0 Å². The smallest absolute Gasteiger partial charge is 0.0155 e. The van der Waals surface area contributed by atoms with Crippen LogP contribution in [0.5, 0.6) is 0 Å². The lowest BCUT2D eigenvalue weighted by atomic mass is 9.85. The van der Waals surface area contributed by atoms with Gasteiger partial charge in [0.25, 0.3) is 0 Å². The summed E-state index contributed by atoms with van der Waals surface area (Å²) in [5.74, 6) is 0. The zero-order chi connectivity index (χ0) is 10.9. The molecule has 0 aromatic carbocycles. The van der Waals surface area contributed by atoms with Gasteiger partial charge in [0.1, 0.15) is 0 Å². The molecule has 0 amide bonds. The molecule has 0 spiro atoms. The monoisotopic (exact) mass is 202 g/mol. The van der Waals surface area contributed by atoms with Crippen LogP contribution in [0.25, 0.3) is 0 Å². The zero-order valence-electron chi connectivity index (χ0n) is 9.17. The average molecular weight is 202 g/mol. The molecule has 0 atom stereocenters. The molecule has 0 saturated heterocycles. The maximum absolute atomic E-state index is 6.29. The van der Waals surface area contributed by atoms with E-state index in [2.05, 4.69) is 0 Å². The Labute approximate surface area is 87.4 Å². The molecule has 4 heteroatoms. The Bertz CT molecular complexity index is 106. The second-order valence-electron chi connectivity index (χ2n) is 4.04. The van der Waals surface area contributed by atoms with Crippen LogP contribution in [0.15, 0.2) is 0 Å². The van der Waals surface area contributed by atoms with Gasteiger partial charge in [0.15, 0.2) is 0 Å². The Morgan fingerprint density at radius 1 is 0.643 bits per heavy atom. The first-order chi connectivity index (χ1) is 6.68. The summed E-state index contributed by atoms with van der Waals surface area (Å²) < 4.78 is 0. The quantitative estimate of drug-likeness (QED) is 0.419. The predicted molar refractivity (Wildman–Crippen MR) is 61.8 cm³/mol. The third kappa shape index (κ3) is 6.32. The summed E-state index contributed by atoms with van der Waals surface area (Å²) in [5, 5.41) is 0. The third-order valence-electron chi connectivity index (χ3n) is 2.64. The van der Waals surface area contributed by atoms with E-state index < -0.39 is 0 Å². The lowest BCUT2D eigenvalue weighted by Gasteiger charge is -2.29. The van der Waals surface area contributed by atoms with Crippen LogP contribution in [-0.2, 0) is 0 Å². The molecule has 8 N–H and O–H groups in total. The van der Waals surface area contributed by atoms with Crippen LogP contribution in [0.1, 0.15) is 38.5 Å². The van der Waals surface area contributed by atoms with Crippen molar-refractivity contribution in [2.24, 2.45) is 22.9 Å². The van der Waals surface area contributed by atoms with E-state index in [0.717, 1.165) is 38.5 Å². The van der Waals surface area contributed by atoms with Crippen molar-refractivity contribution in [1.29, 1.82) is 0 Å². The minimum Gasteiger partial charge on any atom is -0.330 e. The maximum atomic E-state index is 6.29. The molecule has 4 nitrogen and oxygen atoms in total. The molecule has 0 aromatic heterocycles. The number of hydrogen-bond acceptors (Lipinski definition) is 4. The summed E-state index contributed by atoms with van der Waals surface area (Å²) in [4.78, 5) is 0. The van der Waals surface area contributed by atoms with Gasteiger partial charge in [-0.25, -0.2) is 0 Å². The molecule has 0 aliphatic heterocycles. The normalized spacial score (nSPS) is 12.0. The molecule has 0 radical (unpaired) electrons. The van der Waals surface area contributed by atoms with Gasteiger partial charge in [-0.1, -0.05) is 0 Å². The summed E-state index contributed by atoms with van der Waals surface area (Å²) >= 11 is 0. The lowest BCUT2D eigenvalue weighted by molar-refractivity contribution is 0.321. The molecule has 0 saturated carbocycles. The van der Waals surface area contributed by atoms with Gasteiger partial charge in [0.2, 0.25) is 0 Å². The van der Waals surface area contributed by atoms with Gasteiger partial charge in [0, 0.05) is 5.54 Å². The summed E-state index contributed by atoms with van der Waals surface area (Å²) in [5.41, 5.74) is 22.7. The first kappa shape index (κ1) is 13.8. The Kier molecular flexibility index (Phi) is 8.08. The highest BCUT2D eigenvalue weighted by atomic mass is 14.7. The van der Waals surface area contributed by atoms with Crippen molar-refractivity contribution < 1.29 is 0 Å². The van der Waals surface area contributed by atoms with E-state index >= 15 is 0 Å². The predicted octanol–water partition coefficient (Wildman–Crippen LogP) is -0.0994. The van der Waals surface area contributed by atoms with Crippen molar-refractivity contribution in [2.45, 2.75) is 44.1 Å². The van der Waals surface area contributed by atoms with Gasteiger partial charge in [-0.2, -0.15) is 0 Å². The number of hydrogen-bond donors (Lipinski definition) is 4. The van der Waals surface area contributed by atoms with E-state index in [1.165, 1.54) is 0 Å². The van der Waals surface area contributed by atoms with Crippen molar-refractivity contribution in [1.82, 2.24) is 0 Å². The van der Waals surface area contributed by atoms with Crippen LogP contribution >= 0.6 is 0 Å². The Hall–Kier alpha value is -0.160. The van der Waals surface area contributed by atoms with Crippen LogP contribution in [0.2, 0.25) is 0 Å². The maximum Gasteiger partial charge on any atom is 0.0155 e. The fraction of sp³-hybridized carbons (Fsp3) is 1.00. The van der Waals surface area contributed by atoms with Crippen molar-refractivity contribution in [3.8, 4) is 0 Å². The van der Waals surface area contributed by atoms with Gasteiger partial charge in [-0.3, -0.25) is 0 Å². The van der Waals surface area contributed by atoms with Gasteiger partial charge < -0.3 is 22.9 Å². The SMILES string of the molecule is NCCCC(N)(CCCN)CCCN. The Morgan fingerprint density at radius 3 is 1.14 bits per heavy atom. The van der Waals surface area contributed by atoms with Gasteiger partial charge >= 0.3 is 0 Å². The summed E-state index contributed by atoms with van der Waals surface area (Å²) in [7, 11) is 0. The lowest BCUT2D eigenvalue weighted by Crippen LogP contribution is -2.41. The van der Waals surface area contributed by atoms with Crippen LogP contribution in [0.3, 0.4) is 0 Å². The van der Waals surface area contributed by atoms with Crippen LogP contribution < -0.4 is 22.9 Å². The molecule has 0 unspecified atom stereocenters. The molecule has 0 fully saturated rings. The van der Waals surface area contributed by atoms with Crippen molar-refractivity contribution in [2.75, 3.05) is 19.6 Å². The van der Waals surface area contributed by atoms with Crippen molar-refractivity contribution >= 4 is 0 Å². The van der Waals surface area contributed by atoms with Gasteiger partial charge in [-0.15, -0.1) is 0 Å². The minimum atomic E-state index is -0.0852. The number of rotatable bonds is 9. The van der Waals surface area contributed by atoms with Gasteiger partial charge in [-0.05, 0) is 58.2 Å². The molecular formula is C10H26N4. The topological polar surface area (TPSA) is 104 Å². The first-order valence-electron chi connectivity index (χ1n) is 5.57. The van der Waals surface area contributed by atoms with Crippen molar-refractivity contribution in [3.63, 3.8) is 0 Å². The highest BCUT2D eigenvalue weighted by Gasteiger charge is 2.22. The highest BCUT2D eigenvalue weighted by molar-refractivity contribution is 4.84. The fourth-order valence-corrected chi connectivity index (χ4v) is 1.74. The van der Waals surface area contributed by atoms with E-state index in [1.807, 2.05) is 0 Å². The summed E-state index contributed by atoms with van der Waals surface area (Å²) in [6, 6.07) is 0.